The molecule has 0 aromatic heterocycles. The number of fused-ring (bicyclic) bond motifs is 2. The van der Waals surface area contributed by atoms with Crippen LogP contribution in [0.3, 0.4) is 0 Å². The molecule has 2 saturated heterocycles. The molecular formula is C24H29N3O2S. The number of nitrogens with zero attached hydrogens (tertiary/aromatic N) is 3. The zero-order valence-corrected chi connectivity index (χ0v) is 18.2. The number of benzene rings is 2. The van der Waals surface area contributed by atoms with Crippen molar-refractivity contribution in [2.75, 3.05) is 50.8 Å². The molecule has 158 valence electrons. The maximum atomic E-state index is 13.0. The van der Waals surface area contributed by atoms with Crippen molar-refractivity contribution in [2.45, 2.75) is 35.2 Å². The summed E-state index contributed by atoms with van der Waals surface area (Å²) in [5.41, 5.74) is 2.41. The van der Waals surface area contributed by atoms with Gasteiger partial charge in [0.15, 0.2) is 0 Å². The molecule has 0 N–H and O–H groups in total. The highest BCUT2D eigenvalue weighted by molar-refractivity contribution is 7.99. The first kappa shape index (κ1) is 19.9. The molecule has 5 nitrogen and oxygen atoms in total. The number of anilines is 2. The van der Waals surface area contributed by atoms with Crippen LogP contribution >= 0.6 is 11.8 Å². The van der Waals surface area contributed by atoms with E-state index >= 15 is 0 Å². The fourth-order valence-corrected chi connectivity index (χ4v) is 5.74. The number of carbonyl (C=O) groups excluding carboxylic acids is 1. The molecule has 1 unspecified atom stereocenters. The number of carbonyl (C=O) groups is 1. The molecule has 2 aromatic carbocycles. The van der Waals surface area contributed by atoms with Gasteiger partial charge < -0.3 is 14.5 Å². The van der Waals surface area contributed by atoms with Crippen molar-refractivity contribution in [3.63, 3.8) is 0 Å². The molecule has 3 aliphatic rings. The summed E-state index contributed by atoms with van der Waals surface area (Å²) in [6.45, 7) is 6.20. The monoisotopic (exact) mass is 423 g/mol. The first-order valence-corrected chi connectivity index (χ1v) is 11.8. The Bertz CT molecular complexity index is 846. The highest BCUT2D eigenvalue weighted by Crippen LogP contribution is 2.47. The Morgan fingerprint density at radius 2 is 1.63 bits per heavy atom. The Balaban J connectivity index is 1.19. The molecule has 1 atom stereocenters. The van der Waals surface area contributed by atoms with Crippen LogP contribution in [0.25, 0.3) is 0 Å². The normalized spacial score (nSPS) is 21.4. The molecule has 0 aliphatic carbocycles. The van der Waals surface area contributed by atoms with Crippen LogP contribution < -0.4 is 4.90 Å². The van der Waals surface area contributed by atoms with Gasteiger partial charge in [-0.2, -0.15) is 0 Å². The third kappa shape index (κ3) is 4.22. The van der Waals surface area contributed by atoms with E-state index in [0.717, 1.165) is 39.3 Å². The number of ether oxygens (including phenoxy) is 1. The predicted molar refractivity (Wildman–Crippen MR) is 121 cm³/mol. The van der Waals surface area contributed by atoms with Crippen molar-refractivity contribution in [3.8, 4) is 0 Å². The van der Waals surface area contributed by atoms with Gasteiger partial charge in [-0.25, -0.2) is 0 Å². The number of hydrogen-bond donors (Lipinski definition) is 0. The molecule has 0 bridgehead atoms. The van der Waals surface area contributed by atoms with E-state index in [-0.39, 0.29) is 5.91 Å². The fraction of sp³-hybridized carbons (Fsp3) is 0.458. The standard InChI is InChI=1S/C24H29N3O2S/c28-24(26-15-13-25(14-16-26)18-19-6-5-17-29-19)11-12-27-20-7-1-3-9-22(20)30-23-10-4-2-8-21(23)27/h1-4,7-10,19H,5-6,11-18H2. The molecule has 30 heavy (non-hydrogen) atoms. The average Bonchev–Trinajstić information content (AvgIpc) is 3.30. The first-order chi connectivity index (χ1) is 14.8. The van der Waals surface area contributed by atoms with Crippen molar-refractivity contribution in [1.29, 1.82) is 0 Å². The molecule has 5 rings (SSSR count). The molecule has 3 aliphatic heterocycles. The third-order valence-corrected chi connectivity index (χ3v) is 7.42. The number of rotatable bonds is 5. The van der Waals surface area contributed by atoms with E-state index < -0.39 is 0 Å². The van der Waals surface area contributed by atoms with E-state index in [0.29, 0.717) is 19.1 Å². The summed E-state index contributed by atoms with van der Waals surface area (Å²) in [6, 6.07) is 17.0. The lowest BCUT2D eigenvalue weighted by Crippen LogP contribution is -2.50. The second-order valence-electron chi connectivity index (χ2n) is 8.26. The maximum Gasteiger partial charge on any atom is 0.224 e. The van der Waals surface area contributed by atoms with E-state index in [1.54, 1.807) is 0 Å². The Morgan fingerprint density at radius 1 is 0.967 bits per heavy atom. The smallest absolute Gasteiger partial charge is 0.224 e. The number of amides is 1. The molecule has 0 spiro atoms. The molecule has 3 heterocycles. The van der Waals surface area contributed by atoms with Gasteiger partial charge in [0.2, 0.25) is 5.91 Å². The van der Waals surface area contributed by atoms with Crippen LogP contribution in [-0.2, 0) is 9.53 Å². The zero-order valence-electron chi connectivity index (χ0n) is 17.3. The van der Waals surface area contributed by atoms with Crippen molar-refractivity contribution >= 4 is 29.0 Å². The minimum absolute atomic E-state index is 0.264. The van der Waals surface area contributed by atoms with Crippen molar-refractivity contribution in [1.82, 2.24) is 9.80 Å². The Kier molecular flexibility index (Phi) is 5.97. The van der Waals surface area contributed by atoms with Gasteiger partial charge in [-0.1, -0.05) is 36.0 Å². The van der Waals surface area contributed by atoms with Gasteiger partial charge >= 0.3 is 0 Å². The van der Waals surface area contributed by atoms with Gasteiger partial charge in [0.25, 0.3) is 0 Å². The summed E-state index contributed by atoms with van der Waals surface area (Å²) in [5, 5.41) is 0. The third-order valence-electron chi connectivity index (χ3n) is 6.29. The van der Waals surface area contributed by atoms with Crippen molar-refractivity contribution in [2.24, 2.45) is 0 Å². The molecule has 2 aromatic rings. The summed E-state index contributed by atoms with van der Waals surface area (Å²) in [4.78, 5) is 22.3. The topological polar surface area (TPSA) is 36.0 Å². The van der Waals surface area contributed by atoms with E-state index in [1.165, 1.54) is 34.0 Å². The quantitative estimate of drug-likeness (QED) is 0.726. The summed E-state index contributed by atoms with van der Waals surface area (Å²) in [5.74, 6) is 0.264. The molecule has 1 amide bonds. The van der Waals surface area contributed by atoms with Crippen LogP contribution in [0.4, 0.5) is 11.4 Å². The van der Waals surface area contributed by atoms with E-state index in [2.05, 4.69) is 58.3 Å². The second kappa shape index (κ2) is 9.00. The number of hydrogen-bond acceptors (Lipinski definition) is 5. The molecule has 2 fully saturated rings. The maximum absolute atomic E-state index is 13.0. The highest BCUT2D eigenvalue weighted by Gasteiger charge is 2.27. The summed E-state index contributed by atoms with van der Waals surface area (Å²) in [7, 11) is 0. The lowest BCUT2D eigenvalue weighted by Gasteiger charge is -2.37. The van der Waals surface area contributed by atoms with Gasteiger partial charge in [-0.3, -0.25) is 9.69 Å². The highest BCUT2D eigenvalue weighted by atomic mass is 32.2. The van der Waals surface area contributed by atoms with E-state index in [4.69, 9.17) is 4.74 Å². The summed E-state index contributed by atoms with van der Waals surface area (Å²) < 4.78 is 5.76. The van der Waals surface area contributed by atoms with Crippen LogP contribution in [0, 0.1) is 0 Å². The predicted octanol–water partition coefficient (Wildman–Crippen LogP) is 4.00. The van der Waals surface area contributed by atoms with Gasteiger partial charge in [0.05, 0.1) is 17.5 Å². The Morgan fingerprint density at radius 3 is 2.27 bits per heavy atom. The number of para-hydroxylation sites is 2. The minimum Gasteiger partial charge on any atom is -0.377 e. The molecule has 0 saturated carbocycles. The SMILES string of the molecule is O=C(CCN1c2ccccc2Sc2ccccc21)N1CCN(CC2CCCO2)CC1. The van der Waals surface area contributed by atoms with Crippen LogP contribution in [-0.4, -0.2) is 67.7 Å². The number of piperazine rings is 1. The molecular weight excluding hydrogens is 394 g/mol. The lowest BCUT2D eigenvalue weighted by molar-refractivity contribution is -0.132. The first-order valence-electron chi connectivity index (χ1n) is 11.0. The zero-order chi connectivity index (χ0) is 20.3. The van der Waals surface area contributed by atoms with E-state index in [9.17, 15) is 4.79 Å². The molecule has 6 heteroatoms. The van der Waals surface area contributed by atoms with Gasteiger partial charge in [0.1, 0.15) is 0 Å². The van der Waals surface area contributed by atoms with Crippen LogP contribution in [0.1, 0.15) is 19.3 Å². The minimum atomic E-state index is 0.264. The lowest BCUT2D eigenvalue weighted by atomic mass is 10.2. The molecule has 0 radical (unpaired) electrons. The second-order valence-corrected chi connectivity index (χ2v) is 9.34. The Hall–Kier alpha value is -2.02. The Labute approximate surface area is 183 Å². The van der Waals surface area contributed by atoms with Crippen LogP contribution in [0.2, 0.25) is 0 Å². The van der Waals surface area contributed by atoms with Crippen LogP contribution in [0.5, 0.6) is 0 Å². The van der Waals surface area contributed by atoms with Crippen molar-refractivity contribution < 1.29 is 9.53 Å². The van der Waals surface area contributed by atoms with Gasteiger partial charge in [-0.05, 0) is 37.1 Å². The fourth-order valence-electron chi connectivity index (χ4n) is 4.64. The summed E-state index contributed by atoms with van der Waals surface area (Å²) >= 11 is 1.81. The van der Waals surface area contributed by atoms with Gasteiger partial charge in [0, 0.05) is 62.1 Å². The van der Waals surface area contributed by atoms with Crippen LogP contribution in [0.15, 0.2) is 58.3 Å². The average molecular weight is 424 g/mol. The largest absolute Gasteiger partial charge is 0.377 e. The van der Waals surface area contributed by atoms with E-state index in [1.807, 2.05) is 16.7 Å². The summed E-state index contributed by atoms with van der Waals surface area (Å²) in [6.07, 6.45) is 3.30. The van der Waals surface area contributed by atoms with Gasteiger partial charge in [-0.15, -0.1) is 0 Å². The van der Waals surface area contributed by atoms with Crippen molar-refractivity contribution in [3.05, 3.63) is 48.5 Å².